The minimum absolute atomic E-state index is 0.150. The lowest BCUT2D eigenvalue weighted by Crippen LogP contribution is -2.55. The maximum atomic E-state index is 6.86. The average molecular weight is 282 g/mol. The van der Waals surface area contributed by atoms with E-state index in [1.165, 1.54) is 11.1 Å². The second-order valence-corrected chi connectivity index (χ2v) is 6.37. The molecule has 21 heavy (non-hydrogen) atoms. The van der Waals surface area contributed by atoms with Crippen LogP contribution >= 0.6 is 0 Å². The summed E-state index contributed by atoms with van der Waals surface area (Å²) >= 11 is 0. The average Bonchev–Trinajstić information content (AvgIpc) is 2.47. The van der Waals surface area contributed by atoms with E-state index in [1.54, 1.807) is 0 Å². The third-order valence-electron chi connectivity index (χ3n) is 4.30. The topological polar surface area (TPSA) is 52.0 Å². The molecule has 0 bridgehead atoms. The molecule has 0 aliphatic rings. The number of hydrogen-bond acceptors (Lipinski definition) is 2. The van der Waals surface area contributed by atoms with E-state index < -0.39 is 5.54 Å². The van der Waals surface area contributed by atoms with E-state index in [9.17, 15) is 0 Å². The Morgan fingerprint density at radius 1 is 0.762 bits per heavy atom. The molecule has 2 aromatic rings. The Balaban J connectivity index is 2.58. The molecule has 0 radical (unpaired) electrons. The van der Waals surface area contributed by atoms with Crippen LogP contribution in [0.4, 0.5) is 0 Å². The molecule has 2 heteroatoms. The van der Waals surface area contributed by atoms with Crippen LogP contribution in [0.2, 0.25) is 0 Å². The lowest BCUT2D eigenvalue weighted by molar-refractivity contribution is 0.337. The van der Waals surface area contributed by atoms with Gasteiger partial charge in [0.05, 0.1) is 5.54 Å². The molecule has 0 aliphatic carbocycles. The van der Waals surface area contributed by atoms with Crippen LogP contribution in [0.3, 0.4) is 0 Å². The van der Waals surface area contributed by atoms with Crippen molar-refractivity contribution < 1.29 is 0 Å². The molecule has 0 amide bonds. The normalized spacial score (nSPS) is 13.5. The van der Waals surface area contributed by atoms with Gasteiger partial charge >= 0.3 is 0 Å². The Morgan fingerprint density at radius 2 is 1.10 bits per heavy atom. The van der Waals surface area contributed by atoms with Gasteiger partial charge in [-0.2, -0.15) is 0 Å². The minimum Gasteiger partial charge on any atom is -0.325 e. The quantitative estimate of drug-likeness (QED) is 0.902. The standard InChI is InChI=1S/C19H26N2/c1-13(2)18(20)19(21,16-9-5-14(3)6-10-16)17-11-7-15(4)8-12-17/h5-13,18H,20-21H2,1-4H3/t18-/m1/s1. The summed E-state index contributed by atoms with van der Waals surface area (Å²) in [5.41, 5.74) is 17.3. The summed E-state index contributed by atoms with van der Waals surface area (Å²) in [5.74, 6) is 0.289. The molecule has 0 aliphatic heterocycles. The van der Waals surface area contributed by atoms with Gasteiger partial charge in [0.2, 0.25) is 0 Å². The number of hydrogen-bond donors (Lipinski definition) is 2. The van der Waals surface area contributed by atoms with Gasteiger partial charge in [-0.15, -0.1) is 0 Å². The van der Waals surface area contributed by atoms with Crippen LogP contribution in [0.5, 0.6) is 0 Å². The predicted molar refractivity (Wildman–Crippen MR) is 90.1 cm³/mol. The molecular weight excluding hydrogens is 256 g/mol. The highest BCUT2D eigenvalue weighted by Crippen LogP contribution is 2.33. The van der Waals surface area contributed by atoms with Crippen molar-refractivity contribution in [1.82, 2.24) is 0 Å². The highest BCUT2D eigenvalue weighted by atomic mass is 14.9. The molecular formula is C19H26N2. The summed E-state index contributed by atoms with van der Waals surface area (Å²) in [6, 6.07) is 16.6. The maximum Gasteiger partial charge on any atom is 0.0821 e. The molecule has 0 aromatic heterocycles. The van der Waals surface area contributed by atoms with E-state index in [-0.39, 0.29) is 12.0 Å². The van der Waals surface area contributed by atoms with E-state index >= 15 is 0 Å². The van der Waals surface area contributed by atoms with Crippen LogP contribution in [0, 0.1) is 19.8 Å². The van der Waals surface area contributed by atoms with Crippen molar-refractivity contribution in [2.45, 2.75) is 39.3 Å². The van der Waals surface area contributed by atoms with Crippen LogP contribution in [0.25, 0.3) is 0 Å². The summed E-state index contributed by atoms with van der Waals surface area (Å²) in [5, 5.41) is 0. The van der Waals surface area contributed by atoms with Gasteiger partial charge in [0.25, 0.3) is 0 Å². The second-order valence-electron chi connectivity index (χ2n) is 6.37. The van der Waals surface area contributed by atoms with Crippen molar-refractivity contribution in [3.05, 3.63) is 70.8 Å². The molecule has 2 nitrogen and oxygen atoms in total. The van der Waals surface area contributed by atoms with Gasteiger partial charge in [-0.05, 0) is 30.9 Å². The van der Waals surface area contributed by atoms with Crippen LogP contribution in [-0.4, -0.2) is 6.04 Å². The molecule has 0 spiro atoms. The molecule has 0 saturated carbocycles. The molecule has 112 valence electrons. The van der Waals surface area contributed by atoms with Gasteiger partial charge in [0, 0.05) is 6.04 Å². The van der Waals surface area contributed by atoms with E-state index in [0.717, 1.165) is 11.1 Å². The SMILES string of the molecule is Cc1ccc(C(N)(c2ccc(C)cc2)[C@H](N)C(C)C)cc1. The lowest BCUT2D eigenvalue weighted by Gasteiger charge is -2.39. The molecule has 0 saturated heterocycles. The van der Waals surface area contributed by atoms with Gasteiger partial charge in [-0.3, -0.25) is 0 Å². The molecule has 0 fully saturated rings. The molecule has 2 aromatic carbocycles. The van der Waals surface area contributed by atoms with Gasteiger partial charge in [0.1, 0.15) is 0 Å². The predicted octanol–water partition coefficient (Wildman–Crippen LogP) is 3.49. The summed E-state index contributed by atoms with van der Waals surface area (Å²) < 4.78 is 0. The number of benzene rings is 2. The Labute approximate surface area is 128 Å². The fourth-order valence-corrected chi connectivity index (χ4v) is 2.74. The zero-order valence-corrected chi connectivity index (χ0v) is 13.4. The third kappa shape index (κ3) is 3.02. The monoisotopic (exact) mass is 282 g/mol. The Hall–Kier alpha value is -1.64. The minimum atomic E-state index is -0.671. The summed E-state index contributed by atoms with van der Waals surface area (Å²) in [6.07, 6.45) is 0. The Morgan fingerprint density at radius 3 is 1.38 bits per heavy atom. The van der Waals surface area contributed by atoms with Gasteiger partial charge in [0.15, 0.2) is 0 Å². The number of nitrogens with two attached hydrogens (primary N) is 2. The second kappa shape index (κ2) is 6.00. The first-order valence-electron chi connectivity index (χ1n) is 7.54. The summed E-state index contributed by atoms with van der Waals surface area (Å²) in [4.78, 5) is 0. The first-order chi connectivity index (χ1) is 9.85. The van der Waals surface area contributed by atoms with Crippen molar-refractivity contribution in [3.8, 4) is 0 Å². The lowest BCUT2D eigenvalue weighted by atomic mass is 9.74. The maximum absolute atomic E-state index is 6.86. The van der Waals surface area contributed by atoms with E-state index in [4.69, 9.17) is 11.5 Å². The molecule has 4 N–H and O–H groups in total. The van der Waals surface area contributed by atoms with E-state index in [0.29, 0.717) is 0 Å². The van der Waals surface area contributed by atoms with E-state index in [1.807, 2.05) is 0 Å². The number of aryl methyl sites for hydroxylation is 2. The van der Waals surface area contributed by atoms with Crippen LogP contribution in [0.15, 0.2) is 48.5 Å². The van der Waals surface area contributed by atoms with Crippen molar-refractivity contribution in [2.75, 3.05) is 0 Å². The summed E-state index contributed by atoms with van der Waals surface area (Å²) in [6.45, 7) is 8.40. The molecule has 2 rings (SSSR count). The molecule has 0 heterocycles. The van der Waals surface area contributed by atoms with Crippen molar-refractivity contribution in [3.63, 3.8) is 0 Å². The fourth-order valence-electron chi connectivity index (χ4n) is 2.74. The Kier molecular flexibility index (Phi) is 4.50. The van der Waals surface area contributed by atoms with Crippen molar-refractivity contribution >= 4 is 0 Å². The largest absolute Gasteiger partial charge is 0.325 e. The van der Waals surface area contributed by atoms with Crippen molar-refractivity contribution in [1.29, 1.82) is 0 Å². The summed E-state index contributed by atoms with van der Waals surface area (Å²) in [7, 11) is 0. The molecule has 0 unspecified atom stereocenters. The van der Waals surface area contributed by atoms with Gasteiger partial charge in [-0.1, -0.05) is 73.5 Å². The van der Waals surface area contributed by atoms with Gasteiger partial charge in [-0.25, -0.2) is 0 Å². The fraction of sp³-hybridized carbons (Fsp3) is 0.368. The van der Waals surface area contributed by atoms with Crippen LogP contribution < -0.4 is 11.5 Å². The first kappa shape index (κ1) is 15.7. The first-order valence-corrected chi connectivity index (χ1v) is 7.54. The van der Waals surface area contributed by atoms with Crippen LogP contribution in [0.1, 0.15) is 36.1 Å². The smallest absolute Gasteiger partial charge is 0.0821 e. The zero-order chi connectivity index (χ0) is 15.6. The third-order valence-corrected chi connectivity index (χ3v) is 4.30. The van der Waals surface area contributed by atoms with Crippen molar-refractivity contribution in [2.24, 2.45) is 17.4 Å². The molecule has 1 atom stereocenters. The highest BCUT2D eigenvalue weighted by Gasteiger charge is 2.37. The highest BCUT2D eigenvalue weighted by molar-refractivity contribution is 5.42. The van der Waals surface area contributed by atoms with Crippen LogP contribution in [-0.2, 0) is 5.54 Å². The van der Waals surface area contributed by atoms with Gasteiger partial charge < -0.3 is 11.5 Å². The zero-order valence-electron chi connectivity index (χ0n) is 13.4. The Bertz CT molecular complexity index is 536. The number of rotatable bonds is 4. The van der Waals surface area contributed by atoms with E-state index in [2.05, 4.69) is 76.2 Å².